The topological polar surface area (TPSA) is 44.1 Å². The molecule has 1 rings (SSSR count). The van der Waals surface area contributed by atoms with E-state index in [1.54, 1.807) is 24.1 Å². The zero-order valence-electron chi connectivity index (χ0n) is 9.73. The molecule has 0 bridgehead atoms. The molecular formula is C11H18N2O2. The van der Waals surface area contributed by atoms with Crippen molar-refractivity contribution in [2.45, 2.75) is 33.4 Å². The number of nitrogens with zero attached hydrogens (tertiary/aromatic N) is 2. The molecule has 84 valence electrons. The number of hydrogen-bond donors (Lipinski definition) is 0. The summed E-state index contributed by atoms with van der Waals surface area (Å²) in [6.07, 6.45) is 1.26. The fourth-order valence-electron chi connectivity index (χ4n) is 1.62. The third kappa shape index (κ3) is 2.45. The number of carbonyl (C=O) groups is 1. The highest BCUT2D eigenvalue weighted by Crippen LogP contribution is 2.13. The molecule has 1 unspecified atom stereocenters. The number of ether oxygens (including phenoxy) is 1. The Morgan fingerprint density at radius 2 is 2.27 bits per heavy atom. The Morgan fingerprint density at radius 3 is 2.73 bits per heavy atom. The number of ketones is 1. The molecule has 0 aromatic carbocycles. The second kappa shape index (κ2) is 5.07. The smallest absolute Gasteiger partial charge is 0.209 e. The maximum absolute atomic E-state index is 12.1. The highest BCUT2D eigenvalue weighted by Gasteiger charge is 2.25. The van der Waals surface area contributed by atoms with Crippen LogP contribution in [0.5, 0.6) is 0 Å². The Bertz CT molecular complexity index is 331. The van der Waals surface area contributed by atoms with Gasteiger partial charge in [0.05, 0.1) is 0 Å². The first-order valence-electron chi connectivity index (χ1n) is 5.20. The van der Waals surface area contributed by atoms with Crippen molar-refractivity contribution in [2.75, 3.05) is 7.11 Å². The summed E-state index contributed by atoms with van der Waals surface area (Å²) in [5.41, 5.74) is 0.623. The van der Waals surface area contributed by atoms with Crippen LogP contribution in [0.2, 0.25) is 0 Å². The molecule has 0 spiro atoms. The van der Waals surface area contributed by atoms with Gasteiger partial charge in [-0.2, -0.15) is 5.10 Å². The standard InChI is InChI=1S/C11H18N2O2/c1-5-13-9(6-7-12-13)10(14)11(15-4)8(2)3/h6-8,11H,5H2,1-4H3. The van der Waals surface area contributed by atoms with E-state index in [1.165, 1.54) is 0 Å². The molecule has 0 saturated heterocycles. The quantitative estimate of drug-likeness (QED) is 0.695. The van der Waals surface area contributed by atoms with Gasteiger partial charge >= 0.3 is 0 Å². The number of aryl methyl sites for hydroxylation is 1. The molecule has 0 aliphatic carbocycles. The van der Waals surface area contributed by atoms with Crippen LogP contribution in [0.15, 0.2) is 12.3 Å². The molecule has 0 saturated carbocycles. The summed E-state index contributed by atoms with van der Waals surface area (Å²) in [6, 6.07) is 1.74. The monoisotopic (exact) mass is 210 g/mol. The largest absolute Gasteiger partial charge is 0.373 e. The van der Waals surface area contributed by atoms with E-state index in [4.69, 9.17) is 4.74 Å². The average Bonchev–Trinajstić information content (AvgIpc) is 2.65. The van der Waals surface area contributed by atoms with Crippen molar-refractivity contribution in [1.82, 2.24) is 9.78 Å². The predicted molar refractivity (Wildman–Crippen MR) is 57.9 cm³/mol. The van der Waals surface area contributed by atoms with Crippen LogP contribution in [0.4, 0.5) is 0 Å². The van der Waals surface area contributed by atoms with E-state index >= 15 is 0 Å². The fourth-order valence-corrected chi connectivity index (χ4v) is 1.62. The van der Waals surface area contributed by atoms with E-state index in [1.807, 2.05) is 20.8 Å². The Balaban J connectivity index is 2.92. The second-order valence-corrected chi connectivity index (χ2v) is 3.80. The molecule has 1 heterocycles. The molecule has 0 N–H and O–H groups in total. The van der Waals surface area contributed by atoms with Gasteiger partial charge in [0, 0.05) is 19.9 Å². The minimum atomic E-state index is -0.382. The molecule has 1 aromatic rings. The van der Waals surface area contributed by atoms with Gasteiger partial charge in [0.25, 0.3) is 0 Å². The van der Waals surface area contributed by atoms with Gasteiger partial charge in [0.2, 0.25) is 5.78 Å². The number of hydrogen-bond acceptors (Lipinski definition) is 3. The molecule has 1 atom stereocenters. The minimum Gasteiger partial charge on any atom is -0.373 e. The van der Waals surface area contributed by atoms with Crippen LogP contribution in [-0.4, -0.2) is 28.8 Å². The average molecular weight is 210 g/mol. The van der Waals surface area contributed by atoms with Crippen LogP contribution in [0, 0.1) is 5.92 Å². The minimum absolute atomic E-state index is 0.00634. The molecule has 1 aromatic heterocycles. The first kappa shape index (κ1) is 11.9. The Labute approximate surface area is 90.2 Å². The lowest BCUT2D eigenvalue weighted by Crippen LogP contribution is -2.30. The van der Waals surface area contributed by atoms with Crippen molar-refractivity contribution in [2.24, 2.45) is 5.92 Å². The summed E-state index contributed by atoms with van der Waals surface area (Å²) >= 11 is 0. The fraction of sp³-hybridized carbons (Fsp3) is 0.636. The van der Waals surface area contributed by atoms with Gasteiger partial charge in [-0.15, -0.1) is 0 Å². The van der Waals surface area contributed by atoms with E-state index in [-0.39, 0.29) is 17.8 Å². The third-order valence-electron chi connectivity index (χ3n) is 2.39. The molecule has 0 radical (unpaired) electrons. The highest BCUT2D eigenvalue weighted by atomic mass is 16.5. The maximum Gasteiger partial charge on any atom is 0.209 e. The van der Waals surface area contributed by atoms with Crippen LogP contribution in [-0.2, 0) is 11.3 Å². The van der Waals surface area contributed by atoms with Crippen LogP contribution >= 0.6 is 0 Å². The summed E-state index contributed by atoms with van der Waals surface area (Å²) in [6.45, 7) is 6.60. The SMILES string of the molecule is CCn1nccc1C(=O)C(OC)C(C)C. The van der Waals surface area contributed by atoms with Crippen molar-refractivity contribution in [3.63, 3.8) is 0 Å². The molecule has 0 fully saturated rings. The van der Waals surface area contributed by atoms with Crippen molar-refractivity contribution in [1.29, 1.82) is 0 Å². The zero-order chi connectivity index (χ0) is 11.4. The van der Waals surface area contributed by atoms with Gasteiger partial charge in [0.15, 0.2) is 0 Å². The third-order valence-corrected chi connectivity index (χ3v) is 2.39. The number of methoxy groups -OCH3 is 1. The Hall–Kier alpha value is -1.16. The van der Waals surface area contributed by atoms with Crippen LogP contribution in [0.1, 0.15) is 31.3 Å². The molecule has 0 aliphatic heterocycles. The number of Topliss-reactive ketones (excluding diaryl/α,β-unsaturated/α-hetero) is 1. The molecule has 4 nitrogen and oxygen atoms in total. The van der Waals surface area contributed by atoms with E-state index in [9.17, 15) is 4.79 Å². The van der Waals surface area contributed by atoms with Crippen molar-refractivity contribution >= 4 is 5.78 Å². The maximum atomic E-state index is 12.1. The van der Waals surface area contributed by atoms with Gasteiger partial charge in [0.1, 0.15) is 11.8 Å². The summed E-state index contributed by atoms with van der Waals surface area (Å²) in [4.78, 5) is 12.1. The first-order chi connectivity index (χ1) is 7.11. The second-order valence-electron chi connectivity index (χ2n) is 3.80. The first-order valence-corrected chi connectivity index (χ1v) is 5.20. The van der Waals surface area contributed by atoms with Crippen molar-refractivity contribution in [3.8, 4) is 0 Å². The molecule has 15 heavy (non-hydrogen) atoms. The van der Waals surface area contributed by atoms with Gasteiger partial charge in [-0.3, -0.25) is 9.48 Å². The van der Waals surface area contributed by atoms with Gasteiger partial charge < -0.3 is 4.74 Å². The van der Waals surface area contributed by atoms with Crippen LogP contribution < -0.4 is 0 Å². The predicted octanol–water partition coefficient (Wildman–Crippen LogP) is 1.76. The lowest BCUT2D eigenvalue weighted by atomic mass is 10.0. The van der Waals surface area contributed by atoms with E-state index in [0.717, 1.165) is 0 Å². The lowest BCUT2D eigenvalue weighted by molar-refractivity contribution is 0.0448. The van der Waals surface area contributed by atoms with Gasteiger partial charge in [-0.1, -0.05) is 13.8 Å². The lowest BCUT2D eigenvalue weighted by Gasteiger charge is -2.17. The molecular weight excluding hydrogens is 192 g/mol. The van der Waals surface area contributed by atoms with E-state index in [0.29, 0.717) is 12.2 Å². The Kier molecular flexibility index (Phi) is 4.03. The number of carbonyl (C=O) groups excluding carboxylic acids is 1. The molecule has 4 heteroatoms. The van der Waals surface area contributed by atoms with E-state index in [2.05, 4.69) is 5.10 Å². The zero-order valence-corrected chi connectivity index (χ0v) is 9.73. The number of rotatable bonds is 5. The van der Waals surface area contributed by atoms with Crippen molar-refractivity contribution < 1.29 is 9.53 Å². The summed E-state index contributed by atoms with van der Waals surface area (Å²) in [5, 5.41) is 4.07. The van der Waals surface area contributed by atoms with Crippen LogP contribution in [0.3, 0.4) is 0 Å². The summed E-state index contributed by atoms with van der Waals surface area (Å²) in [5.74, 6) is 0.176. The van der Waals surface area contributed by atoms with Crippen LogP contribution in [0.25, 0.3) is 0 Å². The molecule has 0 amide bonds. The van der Waals surface area contributed by atoms with Gasteiger partial charge in [-0.25, -0.2) is 0 Å². The highest BCUT2D eigenvalue weighted by molar-refractivity contribution is 5.98. The molecule has 0 aliphatic rings. The normalized spacial score (nSPS) is 13.1. The Morgan fingerprint density at radius 1 is 1.60 bits per heavy atom. The van der Waals surface area contributed by atoms with E-state index < -0.39 is 0 Å². The van der Waals surface area contributed by atoms with Gasteiger partial charge in [-0.05, 0) is 18.9 Å². The number of aromatic nitrogens is 2. The summed E-state index contributed by atoms with van der Waals surface area (Å²) in [7, 11) is 1.56. The van der Waals surface area contributed by atoms with Crippen molar-refractivity contribution in [3.05, 3.63) is 18.0 Å². The summed E-state index contributed by atoms with van der Waals surface area (Å²) < 4.78 is 6.90.